The Morgan fingerprint density at radius 1 is 0.311 bits per heavy atom. The van der Waals surface area contributed by atoms with Crippen molar-refractivity contribution in [1.82, 2.24) is 0 Å². The first-order valence-corrected chi connectivity index (χ1v) is 25.7. The van der Waals surface area contributed by atoms with Crippen molar-refractivity contribution in [3.63, 3.8) is 0 Å². The van der Waals surface area contributed by atoms with E-state index in [0.29, 0.717) is 11.1 Å². The van der Waals surface area contributed by atoms with Gasteiger partial charge in [0.15, 0.2) is 0 Å². The molecule has 0 bridgehead atoms. The summed E-state index contributed by atoms with van der Waals surface area (Å²) in [5, 5.41) is 29.2. The average Bonchev–Trinajstić information content (AvgIpc) is 3.43. The minimum absolute atomic E-state index is 0.195. The predicted molar refractivity (Wildman–Crippen MR) is 312 cm³/mol. The SMILES string of the molecule is CC(C)(c1ccccc1)c1cc(C=Nc2ccc3ccccc3c2-c2c(N=Cc3cc(C(C)(C)c4ccccc4)cc(C(C)(C)c4ccccc4)c3O)ccc3ccccc23)c(O)c(C(C)(C)c2ccccc2)c1. The van der Waals surface area contributed by atoms with E-state index in [0.717, 1.165) is 77.4 Å². The number of benzene rings is 10. The summed E-state index contributed by atoms with van der Waals surface area (Å²) in [6.45, 7) is 17.7. The maximum Gasteiger partial charge on any atom is 0.128 e. The van der Waals surface area contributed by atoms with E-state index in [1.807, 2.05) is 36.7 Å². The lowest BCUT2D eigenvalue weighted by Gasteiger charge is -2.32. The molecule has 10 rings (SSSR count). The third-order valence-electron chi connectivity index (χ3n) is 15.8. The number of hydrogen-bond acceptors (Lipinski definition) is 4. The largest absolute Gasteiger partial charge is 0.507 e. The Balaban J connectivity index is 1.17. The first-order chi connectivity index (χ1) is 35.6. The van der Waals surface area contributed by atoms with Crippen LogP contribution in [-0.2, 0) is 21.7 Å². The highest BCUT2D eigenvalue weighted by atomic mass is 16.3. The molecule has 0 fully saturated rings. The molecule has 2 N–H and O–H groups in total. The molecule has 10 aromatic rings. The molecule has 4 nitrogen and oxygen atoms in total. The summed E-state index contributed by atoms with van der Waals surface area (Å²) in [6, 6.07) is 75.6. The fraction of sp³-hybridized carbons (Fsp3) is 0.171. The van der Waals surface area contributed by atoms with E-state index in [9.17, 15) is 10.2 Å². The minimum atomic E-state index is -0.538. The third kappa shape index (κ3) is 9.11. The number of nitrogens with zero attached hydrogens (tertiary/aromatic N) is 2. The number of phenols is 2. The zero-order valence-corrected chi connectivity index (χ0v) is 43.7. The molecule has 0 radical (unpaired) electrons. The molecule has 0 spiro atoms. The molecule has 0 amide bonds. The van der Waals surface area contributed by atoms with E-state index in [1.54, 1.807) is 0 Å². The van der Waals surface area contributed by atoms with Gasteiger partial charge in [0.2, 0.25) is 0 Å². The first kappa shape index (κ1) is 49.2. The first-order valence-electron chi connectivity index (χ1n) is 25.7. The van der Waals surface area contributed by atoms with E-state index in [4.69, 9.17) is 9.98 Å². The van der Waals surface area contributed by atoms with Crippen LogP contribution >= 0.6 is 0 Å². The standard InChI is InChI=1S/C70H64N2O2/c1-67(2,51-27-13-9-14-28-51)55-41-49(65(73)59(43-55)69(5,6)53-31-17-11-18-32-53)45-71-61-39-37-47-25-21-23-35-57(47)63(61)64-58-36-24-22-26-48(58)38-40-62(64)72-46-50-42-56(68(3,4)52-29-15-10-16-30-52)44-60(66(50)74)70(7,8)54-33-19-12-20-34-54/h9-46,73-74H,1-8H3. The highest BCUT2D eigenvalue weighted by molar-refractivity contribution is 6.13. The van der Waals surface area contributed by atoms with Crippen molar-refractivity contribution in [2.24, 2.45) is 9.98 Å². The highest BCUT2D eigenvalue weighted by Crippen LogP contribution is 2.48. The summed E-state index contributed by atoms with van der Waals surface area (Å²) in [7, 11) is 0. The minimum Gasteiger partial charge on any atom is -0.507 e. The summed E-state index contributed by atoms with van der Waals surface area (Å²) < 4.78 is 0. The zero-order chi connectivity index (χ0) is 51.8. The molecule has 0 heterocycles. The van der Waals surface area contributed by atoms with E-state index in [2.05, 4.69) is 250 Å². The van der Waals surface area contributed by atoms with Gasteiger partial charge in [0, 0.05) is 67.5 Å². The monoisotopic (exact) mass is 964 g/mol. The maximum absolute atomic E-state index is 12.5. The third-order valence-corrected chi connectivity index (χ3v) is 15.8. The second-order valence-corrected chi connectivity index (χ2v) is 21.8. The molecule has 0 aromatic heterocycles. The van der Waals surface area contributed by atoms with Crippen LogP contribution in [-0.4, -0.2) is 22.6 Å². The smallest absolute Gasteiger partial charge is 0.128 e. The van der Waals surface area contributed by atoms with Crippen LogP contribution in [0.4, 0.5) is 11.4 Å². The molecule has 74 heavy (non-hydrogen) atoms. The number of hydrogen-bond donors (Lipinski definition) is 2. The molecule has 10 aromatic carbocycles. The fourth-order valence-electron chi connectivity index (χ4n) is 10.8. The predicted octanol–water partition coefficient (Wildman–Crippen LogP) is 17.9. The topological polar surface area (TPSA) is 65.2 Å². The Morgan fingerprint density at radius 2 is 0.608 bits per heavy atom. The van der Waals surface area contributed by atoms with Crippen LogP contribution in [0.3, 0.4) is 0 Å². The van der Waals surface area contributed by atoms with Gasteiger partial charge < -0.3 is 10.2 Å². The molecule has 0 atom stereocenters. The van der Waals surface area contributed by atoms with Crippen molar-refractivity contribution in [2.45, 2.75) is 77.0 Å². The fourth-order valence-corrected chi connectivity index (χ4v) is 10.8. The summed E-state index contributed by atoms with van der Waals surface area (Å²) in [4.78, 5) is 10.8. The molecule has 0 saturated carbocycles. The van der Waals surface area contributed by atoms with Crippen LogP contribution < -0.4 is 0 Å². The number of fused-ring (bicyclic) bond motifs is 2. The Kier molecular flexibility index (Phi) is 13.0. The second kappa shape index (κ2) is 19.6. The molecule has 366 valence electrons. The van der Waals surface area contributed by atoms with Crippen LogP contribution in [0.15, 0.2) is 228 Å². The van der Waals surface area contributed by atoms with E-state index < -0.39 is 21.7 Å². The molecule has 0 saturated heterocycles. The van der Waals surface area contributed by atoms with Gasteiger partial charge in [0.25, 0.3) is 0 Å². The summed E-state index contributed by atoms with van der Waals surface area (Å²) in [5.41, 5.74) is 11.0. The summed E-state index contributed by atoms with van der Waals surface area (Å²) >= 11 is 0. The van der Waals surface area contributed by atoms with Crippen molar-refractivity contribution in [1.29, 1.82) is 0 Å². The van der Waals surface area contributed by atoms with Crippen LogP contribution in [0.25, 0.3) is 32.7 Å². The molecule has 0 unspecified atom stereocenters. The van der Waals surface area contributed by atoms with Gasteiger partial charge in [-0.2, -0.15) is 0 Å². The van der Waals surface area contributed by atoms with E-state index >= 15 is 0 Å². The second-order valence-electron chi connectivity index (χ2n) is 21.8. The Hall–Kier alpha value is -8.34. The van der Waals surface area contributed by atoms with Gasteiger partial charge in [-0.05, 0) is 79.2 Å². The lowest BCUT2D eigenvalue weighted by atomic mass is 9.72. The van der Waals surface area contributed by atoms with E-state index in [1.165, 1.54) is 11.1 Å². The Bertz CT molecular complexity index is 3470. The van der Waals surface area contributed by atoms with Gasteiger partial charge in [0.05, 0.1) is 11.4 Å². The summed E-state index contributed by atoms with van der Waals surface area (Å²) in [6.07, 6.45) is 3.67. The van der Waals surface area contributed by atoms with Gasteiger partial charge in [-0.15, -0.1) is 0 Å². The summed E-state index contributed by atoms with van der Waals surface area (Å²) in [5.74, 6) is 0.389. The molecule has 0 aliphatic rings. The van der Waals surface area contributed by atoms with Crippen molar-refractivity contribution < 1.29 is 10.2 Å². The van der Waals surface area contributed by atoms with Gasteiger partial charge >= 0.3 is 0 Å². The Morgan fingerprint density at radius 3 is 0.946 bits per heavy atom. The maximum atomic E-state index is 12.5. The number of phenolic OH excluding ortho intramolecular Hbond substituents is 2. The number of aliphatic imine (C=N–C) groups is 2. The van der Waals surface area contributed by atoms with Crippen LogP contribution in [0.5, 0.6) is 11.5 Å². The number of rotatable bonds is 13. The van der Waals surface area contributed by atoms with Crippen molar-refractivity contribution in [3.8, 4) is 22.6 Å². The quantitative estimate of drug-likeness (QED) is 0.113. The normalized spacial score (nSPS) is 12.6. The van der Waals surface area contributed by atoms with Gasteiger partial charge in [-0.1, -0.05) is 250 Å². The molecule has 0 aliphatic carbocycles. The Labute approximate surface area is 437 Å². The lowest BCUT2D eigenvalue weighted by Crippen LogP contribution is -2.24. The zero-order valence-electron chi connectivity index (χ0n) is 43.7. The van der Waals surface area contributed by atoms with Crippen molar-refractivity contribution in [3.05, 3.63) is 274 Å². The molecule has 4 heteroatoms. The van der Waals surface area contributed by atoms with Crippen LogP contribution in [0, 0.1) is 0 Å². The van der Waals surface area contributed by atoms with Gasteiger partial charge in [-0.25, -0.2) is 0 Å². The molecular weight excluding hydrogens is 901 g/mol. The molecule has 0 aliphatic heterocycles. The van der Waals surface area contributed by atoms with Crippen molar-refractivity contribution >= 4 is 45.3 Å². The van der Waals surface area contributed by atoms with Gasteiger partial charge in [0.1, 0.15) is 11.5 Å². The van der Waals surface area contributed by atoms with Crippen molar-refractivity contribution in [2.75, 3.05) is 0 Å². The van der Waals surface area contributed by atoms with E-state index in [-0.39, 0.29) is 11.5 Å². The van der Waals surface area contributed by atoms with Crippen LogP contribution in [0.2, 0.25) is 0 Å². The highest BCUT2D eigenvalue weighted by Gasteiger charge is 2.34. The molecular formula is C70H64N2O2. The number of aromatic hydroxyl groups is 2. The van der Waals surface area contributed by atoms with Gasteiger partial charge in [-0.3, -0.25) is 9.98 Å². The average molecular weight is 965 g/mol. The van der Waals surface area contributed by atoms with Crippen LogP contribution in [0.1, 0.15) is 111 Å². The lowest BCUT2D eigenvalue weighted by molar-refractivity contribution is 0.450.